The maximum absolute atomic E-state index is 9.05. The molecular weight excluding hydrogens is 190 g/mol. The van der Waals surface area contributed by atoms with Crippen molar-refractivity contribution < 1.29 is 9.84 Å². The molecule has 0 fully saturated rings. The third-order valence-corrected chi connectivity index (χ3v) is 2.29. The molecule has 3 heteroatoms. The van der Waals surface area contributed by atoms with Gasteiger partial charge in [0.25, 0.3) is 0 Å². The van der Waals surface area contributed by atoms with Crippen molar-refractivity contribution in [2.45, 2.75) is 46.1 Å². The van der Waals surface area contributed by atoms with E-state index in [2.05, 4.69) is 26.1 Å². The first kappa shape index (κ1) is 14.9. The Labute approximate surface area is 94.2 Å². The minimum absolute atomic E-state index is 0.101. The van der Waals surface area contributed by atoms with Crippen LogP contribution in [0, 0.1) is 5.92 Å². The lowest BCUT2D eigenvalue weighted by atomic mass is 10.1. The SMILES string of the molecule is CCCNC(CO)COCCCC(C)C. The average Bonchev–Trinajstić information content (AvgIpc) is 2.21. The van der Waals surface area contributed by atoms with Gasteiger partial charge in [-0.2, -0.15) is 0 Å². The highest BCUT2D eigenvalue weighted by Crippen LogP contribution is 2.03. The number of nitrogens with one attached hydrogen (secondary N) is 1. The van der Waals surface area contributed by atoms with E-state index in [1.165, 1.54) is 6.42 Å². The van der Waals surface area contributed by atoms with E-state index in [4.69, 9.17) is 9.84 Å². The first-order valence-corrected chi connectivity index (χ1v) is 6.12. The highest BCUT2D eigenvalue weighted by atomic mass is 16.5. The van der Waals surface area contributed by atoms with Crippen molar-refractivity contribution in [2.75, 3.05) is 26.4 Å². The lowest BCUT2D eigenvalue weighted by molar-refractivity contribution is 0.0850. The molecule has 0 aliphatic carbocycles. The summed E-state index contributed by atoms with van der Waals surface area (Å²) in [5, 5.41) is 12.3. The molecular formula is C12H27NO2. The Morgan fingerprint density at radius 2 is 2.07 bits per heavy atom. The van der Waals surface area contributed by atoms with Crippen LogP contribution in [0.1, 0.15) is 40.0 Å². The van der Waals surface area contributed by atoms with Crippen molar-refractivity contribution in [2.24, 2.45) is 5.92 Å². The Morgan fingerprint density at radius 3 is 2.60 bits per heavy atom. The number of aliphatic hydroxyl groups excluding tert-OH is 1. The van der Waals surface area contributed by atoms with E-state index in [0.717, 1.165) is 31.9 Å². The minimum Gasteiger partial charge on any atom is -0.395 e. The van der Waals surface area contributed by atoms with Gasteiger partial charge in [0.1, 0.15) is 0 Å². The zero-order valence-electron chi connectivity index (χ0n) is 10.5. The van der Waals surface area contributed by atoms with Crippen LogP contribution in [-0.4, -0.2) is 37.5 Å². The molecule has 0 amide bonds. The average molecular weight is 217 g/mol. The third kappa shape index (κ3) is 10.2. The van der Waals surface area contributed by atoms with Gasteiger partial charge in [0.05, 0.1) is 19.3 Å². The molecule has 3 nitrogen and oxygen atoms in total. The molecule has 0 saturated carbocycles. The lowest BCUT2D eigenvalue weighted by Gasteiger charge is -2.16. The predicted octanol–water partition coefficient (Wildman–Crippen LogP) is 1.80. The Kier molecular flexibility index (Phi) is 10.3. The first-order chi connectivity index (χ1) is 7.20. The van der Waals surface area contributed by atoms with E-state index in [1.54, 1.807) is 0 Å². The zero-order chi connectivity index (χ0) is 11.5. The van der Waals surface area contributed by atoms with Gasteiger partial charge in [-0.3, -0.25) is 0 Å². The van der Waals surface area contributed by atoms with Crippen molar-refractivity contribution >= 4 is 0 Å². The second kappa shape index (κ2) is 10.4. The number of rotatable bonds is 10. The molecule has 15 heavy (non-hydrogen) atoms. The molecule has 0 spiro atoms. The van der Waals surface area contributed by atoms with Gasteiger partial charge in [-0.25, -0.2) is 0 Å². The van der Waals surface area contributed by atoms with Crippen molar-refractivity contribution in [3.05, 3.63) is 0 Å². The summed E-state index contributed by atoms with van der Waals surface area (Å²) >= 11 is 0. The van der Waals surface area contributed by atoms with Crippen LogP contribution in [0.3, 0.4) is 0 Å². The molecule has 0 aromatic carbocycles. The van der Waals surface area contributed by atoms with E-state index in [0.29, 0.717) is 6.61 Å². The fourth-order valence-electron chi connectivity index (χ4n) is 1.34. The predicted molar refractivity (Wildman–Crippen MR) is 64.1 cm³/mol. The smallest absolute Gasteiger partial charge is 0.0642 e. The minimum atomic E-state index is 0.101. The fraction of sp³-hybridized carbons (Fsp3) is 1.00. The topological polar surface area (TPSA) is 41.5 Å². The van der Waals surface area contributed by atoms with Gasteiger partial charge in [0, 0.05) is 6.61 Å². The highest BCUT2D eigenvalue weighted by molar-refractivity contribution is 4.63. The molecule has 0 radical (unpaired) electrons. The second-order valence-corrected chi connectivity index (χ2v) is 4.44. The Morgan fingerprint density at radius 1 is 1.33 bits per heavy atom. The molecule has 0 aliphatic rings. The van der Waals surface area contributed by atoms with Crippen molar-refractivity contribution in [3.8, 4) is 0 Å². The molecule has 2 N–H and O–H groups in total. The van der Waals surface area contributed by atoms with E-state index in [9.17, 15) is 0 Å². The number of aliphatic hydroxyl groups is 1. The van der Waals surface area contributed by atoms with Gasteiger partial charge in [0.15, 0.2) is 0 Å². The second-order valence-electron chi connectivity index (χ2n) is 4.44. The van der Waals surface area contributed by atoms with E-state index < -0.39 is 0 Å². The monoisotopic (exact) mass is 217 g/mol. The van der Waals surface area contributed by atoms with Crippen molar-refractivity contribution in [3.63, 3.8) is 0 Å². The maximum atomic E-state index is 9.05. The van der Waals surface area contributed by atoms with Crippen LogP contribution in [-0.2, 0) is 4.74 Å². The molecule has 0 heterocycles. The summed E-state index contributed by atoms with van der Waals surface area (Å²) in [5.74, 6) is 0.750. The van der Waals surface area contributed by atoms with Crippen molar-refractivity contribution in [1.29, 1.82) is 0 Å². The van der Waals surface area contributed by atoms with E-state index in [1.807, 2.05) is 0 Å². The molecule has 0 rings (SSSR count). The molecule has 0 aliphatic heterocycles. The number of hydrogen-bond donors (Lipinski definition) is 2. The summed E-state index contributed by atoms with van der Waals surface area (Å²) in [4.78, 5) is 0. The summed E-state index contributed by atoms with van der Waals surface area (Å²) in [7, 11) is 0. The maximum Gasteiger partial charge on any atom is 0.0642 e. The fourth-order valence-corrected chi connectivity index (χ4v) is 1.34. The van der Waals surface area contributed by atoms with Crippen LogP contribution in [0.4, 0.5) is 0 Å². The highest BCUT2D eigenvalue weighted by Gasteiger charge is 2.05. The number of ether oxygens (including phenoxy) is 1. The summed E-state index contributed by atoms with van der Waals surface area (Å²) in [6, 6.07) is 0.101. The summed E-state index contributed by atoms with van der Waals surface area (Å²) in [5.41, 5.74) is 0. The van der Waals surface area contributed by atoms with E-state index in [-0.39, 0.29) is 12.6 Å². The Balaban J connectivity index is 3.30. The lowest BCUT2D eigenvalue weighted by Crippen LogP contribution is -2.37. The molecule has 0 aromatic heterocycles. The normalized spacial score (nSPS) is 13.4. The van der Waals surface area contributed by atoms with Crippen LogP contribution in [0.5, 0.6) is 0 Å². The molecule has 1 unspecified atom stereocenters. The summed E-state index contributed by atoms with van der Waals surface area (Å²) in [6.45, 7) is 9.09. The molecule has 0 saturated heterocycles. The van der Waals surface area contributed by atoms with E-state index >= 15 is 0 Å². The van der Waals surface area contributed by atoms with Crippen LogP contribution in [0.15, 0.2) is 0 Å². The third-order valence-electron chi connectivity index (χ3n) is 2.29. The molecule has 0 bridgehead atoms. The van der Waals surface area contributed by atoms with Crippen molar-refractivity contribution in [1.82, 2.24) is 5.32 Å². The van der Waals surface area contributed by atoms with Gasteiger partial charge >= 0.3 is 0 Å². The van der Waals surface area contributed by atoms with Gasteiger partial charge in [0.2, 0.25) is 0 Å². The summed E-state index contributed by atoms with van der Waals surface area (Å²) < 4.78 is 5.51. The largest absolute Gasteiger partial charge is 0.395 e. The Bertz CT molecular complexity index is 129. The molecule has 92 valence electrons. The van der Waals surface area contributed by atoms with Gasteiger partial charge in [-0.1, -0.05) is 20.8 Å². The van der Waals surface area contributed by atoms with Crippen LogP contribution in [0.2, 0.25) is 0 Å². The summed E-state index contributed by atoms with van der Waals surface area (Å²) in [6.07, 6.45) is 3.42. The van der Waals surface area contributed by atoms with Gasteiger partial charge in [-0.15, -0.1) is 0 Å². The van der Waals surface area contributed by atoms with Crippen LogP contribution >= 0.6 is 0 Å². The Hall–Kier alpha value is -0.120. The standard InChI is InChI=1S/C12H27NO2/c1-4-7-13-12(9-14)10-15-8-5-6-11(2)3/h11-14H,4-10H2,1-3H3. The molecule has 1 atom stereocenters. The zero-order valence-corrected chi connectivity index (χ0v) is 10.5. The quantitative estimate of drug-likeness (QED) is 0.548. The molecule has 0 aromatic rings. The van der Waals surface area contributed by atoms with Gasteiger partial charge < -0.3 is 15.2 Å². The van der Waals surface area contributed by atoms with Crippen LogP contribution < -0.4 is 5.32 Å². The first-order valence-electron chi connectivity index (χ1n) is 6.12. The van der Waals surface area contributed by atoms with Gasteiger partial charge in [-0.05, 0) is 31.7 Å². The van der Waals surface area contributed by atoms with Crippen LogP contribution in [0.25, 0.3) is 0 Å². The number of hydrogen-bond acceptors (Lipinski definition) is 3.